The van der Waals surface area contributed by atoms with Crippen LogP contribution in [0.25, 0.3) is 10.8 Å². The van der Waals surface area contributed by atoms with E-state index in [0.29, 0.717) is 37.7 Å². The molecule has 1 aromatic heterocycles. The van der Waals surface area contributed by atoms with E-state index in [1.54, 1.807) is 23.0 Å². The fraction of sp³-hybridized carbons (Fsp3) is 0.586. The van der Waals surface area contributed by atoms with Crippen molar-refractivity contribution in [2.75, 3.05) is 32.4 Å². The van der Waals surface area contributed by atoms with E-state index in [-0.39, 0.29) is 17.8 Å². The summed E-state index contributed by atoms with van der Waals surface area (Å²) in [4.78, 5) is 49.7. The number of nitrogen functional groups attached to an aromatic ring is 1. The highest BCUT2D eigenvalue weighted by atomic mass is 16.2. The molecule has 9 heteroatoms. The van der Waals surface area contributed by atoms with Crippen molar-refractivity contribution in [3.05, 3.63) is 36.0 Å². The largest absolute Gasteiger partial charge is 0.383 e. The van der Waals surface area contributed by atoms with Crippen LogP contribution < -0.4 is 11.1 Å². The number of hydrogen-bond acceptors (Lipinski definition) is 5. The molecule has 2 aromatic rings. The van der Waals surface area contributed by atoms with Gasteiger partial charge in [-0.05, 0) is 54.7 Å². The average Bonchev–Trinajstić information content (AvgIpc) is 3.39. The monoisotopic (exact) mass is 520 g/mol. The third kappa shape index (κ3) is 5.56. The van der Waals surface area contributed by atoms with Crippen LogP contribution in [0.1, 0.15) is 63.4 Å². The second-order valence-corrected chi connectivity index (χ2v) is 11.1. The first-order valence-corrected chi connectivity index (χ1v) is 14.2. The molecule has 0 bridgehead atoms. The maximum absolute atomic E-state index is 14.0. The van der Waals surface area contributed by atoms with Crippen molar-refractivity contribution in [1.29, 1.82) is 0 Å². The number of carbonyl (C=O) groups is 3. The molecule has 204 valence electrons. The minimum absolute atomic E-state index is 0.0715. The molecule has 2 saturated heterocycles. The minimum Gasteiger partial charge on any atom is -0.383 e. The Morgan fingerprint density at radius 2 is 1.84 bits per heavy atom. The average molecular weight is 521 g/mol. The van der Waals surface area contributed by atoms with Crippen LogP contribution in [0.2, 0.25) is 0 Å². The Bertz CT molecular complexity index is 1180. The second-order valence-electron chi connectivity index (χ2n) is 11.1. The van der Waals surface area contributed by atoms with Crippen molar-refractivity contribution >= 4 is 34.4 Å². The quantitative estimate of drug-likeness (QED) is 0.580. The zero-order chi connectivity index (χ0) is 26.6. The molecule has 2 unspecified atom stereocenters. The number of carbonyl (C=O) groups excluding carboxylic acids is 3. The number of rotatable bonds is 7. The zero-order valence-electron chi connectivity index (χ0n) is 22.4. The van der Waals surface area contributed by atoms with Gasteiger partial charge in [-0.3, -0.25) is 9.59 Å². The lowest BCUT2D eigenvalue weighted by molar-refractivity contribution is -0.142. The SMILES string of the molecule is CN(C(=O)N1CCC1)C(CC1CCCCC1)C(=O)N1CCCC1C(=O)NCc1ccc2c(N)nccc2c1. The minimum atomic E-state index is -0.529. The number of anilines is 1. The topological polar surface area (TPSA) is 112 Å². The Morgan fingerprint density at radius 3 is 2.58 bits per heavy atom. The van der Waals surface area contributed by atoms with Crippen LogP contribution in [-0.2, 0) is 16.1 Å². The first-order valence-electron chi connectivity index (χ1n) is 14.2. The summed E-state index contributed by atoms with van der Waals surface area (Å²) in [6, 6.07) is 6.65. The van der Waals surface area contributed by atoms with Gasteiger partial charge in [0.2, 0.25) is 11.8 Å². The normalized spacial score (nSPS) is 20.7. The van der Waals surface area contributed by atoms with Gasteiger partial charge in [0.05, 0.1) is 0 Å². The molecule has 3 heterocycles. The molecule has 3 fully saturated rings. The number of nitrogens with two attached hydrogens (primary N) is 1. The molecule has 0 spiro atoms. The fourth-order valence-corrected chi connectivity index (χ4v) is 6.19. The number of likely N-dealkylation sites (tertiary alicyclic amines) is 2. The summed E-state index contributed by atoms with van der Waals surface area (Å²) >= 11 is 0. The van der Waals surface area contributed by atoms with Gasteiger partial charge in [0.15, 0.2) is 0 Å². The van der Waals surface area contributed by atoms with Crippen molar-refractivity contribution in [3.63, 3.8) is 0 Å². The van der Waals surface area contributed by atoms with Crippen LogP contribution in [0.5, 0.6) is 0 Å². The molecular weight excluding hydrogens is 480 g/mol. The van der Waals surface area contributed by atoms with Crippen molar-refractivity contribution in [3.8, 4) is 0 Å². The zero-order valence-corrected chi connectivity index (χ0v) is 22.4. The van der Waals surface area contributed by atoms with Gasteiger partial charge < -0.3 is 25.8 Å². The Balaban J connectivity index is 1.26. The lowest BCUT2D eigenvalue weighted by Gasteiger charge is -2.40. The highest BCUT2D eigenvalue weighted by molar-refractivity contribution is 5.93. The molecule has 38 heavy (non-hydrogen) atoms. The number of benzene rings is 1. The van der Waals surface area contributed by atoms with Crippen LogP contribution in [0.3, 0.4) is 0 Å². The van der Waals surface area contributed by atoms with E-state index in [9.17, 15) is 14.4 Å². The Labute approximate surface area is 224 Å². The highest BCUT2D eigenvalue weighted by Crippen LogP contribution is 2.31. The van der Waals surface area contributed by atoms with E-state index < -0.39 is 12.1 Å². The number of nitrogens with zero attached hydrogens (tertiary/aromatic N) is 4. The van der Waals surface area contributed by atoms with E-state index in [4.69, 9.17) is 5.73 Å². The Hall–Kier alpha value is -3.36. The van der Waals surface area contributed by atoms with Gasteiger partial charge in [-0.2, -0.15) is 0 Å². The van der Waals surface area contributed by atoms with E-state index in [1.165, 1.54) is 19.3 Å². The van der Waals surface area contributed by atoms with E-state index in [0.717, 1.165) is 55.1 Å². The van der Waals surface area contributed by atoms with Crippen molar-refractivity contribution in [2.24, 2.45) is 5.92 Å². The molecule has 9 nitrogen and oxygen atoms in total. The summed E-state index contributed by atoms with van der Waals surface area (Å²) in [5.41, 5.74) is 6.92. The van der Waals surface area contributed by atoms with E-state index in [1.807, 2.05) is 29.2 Å². The van der Waals surface area contributed by atoms with Crippen molar-refractivity contribution in [1.82, 2.24) is 25.0 Å². The summed E-state index contributed by atoms with van der Waals surface area (Å²) in [6.07, 6.45) is 10.6. The smallest absolute Gasteiger partial charge is 0.320 e. The van der Waals surface area contributed by atoms with Gasteiger partial charge in [0.1, 0.15) is 17.9 Å². The van der Waals surface area contributed by atoms with E-state index >= 15 is 0 Å². The fourth-order valence-electron chi connectivity index (χ4n) is 6.19. The summed E-state index contributed by atoms with van der Waals surface area (Å²) in [7, 11) is 1.76. The first-order chi connectivity index (χ1) is 18.4. The van der Waals surface area contributed by atoms with Crippen molar-refractivity contribution < 1.29 is 14.4 Å². The van der Waals surface area contributed by atoms with Crippen LogP contribution in [0.4, 0.5) is 10.6 Å². The molecule has 2 atom stereocenters. The number of likely N-dealkylation sites (N-methyl/N-ethyl adjacent to an activating group) is 1. The van der Waals surface area contributed by atoms with Gasteiger partial charge >= 0.3 is 6.03 Å². The highest BCUT2D eigenvalue weighted by Gasteiger charge is 2.41. The number of pyridine rings is 1. The molecule has 2 aliphatic heterocycles. The molecule has 0 radical (unpaired) electrons. The molecule has 5 rings (SSSR count). The van der Waals surface area contributed by atoms with Gasteiger partial charge in [-0.25, -0.2) is 9.78 Å². The first kappa shape index (κ1) is 26.3. The summed E-state index contributed by atoms with van der Waals surface area (Å²) in [5, 5.41) is 4.91. The molecular formula is C29H40N6O3. The lowest BCUT2D eigenvalue weighted by Crippen LogP contribution is -2.58. The summed E-state index contributed by atoms with van der Waals surface area (Å²) < 4.78 is 0. The summed E-state index contributed by atoms with van der Waals surface area (Å²) in [5.74, 6) is 0.700. The van der Waals surface area contributed by atoms with Gasteiger partial charge in [-0.15, -0.1) is 0 Å². The standard InChI is InChI=1S/C29H40N6O3/c1-33(29(38)34-14-6-15-34)25(18-20-7-3-2-4-8-20)28(37)35-16-5-9-24(35)27(36)32-19-21-10-11-23-22(17-21)12-13-31-26(23)30/h10-13,17,20,24-25H,2-9,14-16,18-19H2,1H3,(H2,30,31)(H,32,36). The molecule has 4 amide bonds. The molecule has 1 aromatic carbocycles. The summed E-state index contributed by atoms with van der Waals surface area (Å²) in [6.45, 7) is 2.42. The maximum Gasteiger partial charge on any atom is 0.320 e. The molecule has 3 N–H and O–H groups in total. The van der Waals surface area contributed by atoms with Crippen LogP contribution in [0, 0.1) is 5.92 Å². The number of hydrogen-bond donors (Lipinski definition) is 2. The molecule has 1 saturated carbocycles. The molecule has 1 aliphatic carbocycles. The Morgan fingerprint density at radius 1 is 1.05 bits per heavy atom. The number of urea groups is 1. The number of amides is 4. The molecule has 3 aliphatic rings. The third-order valence-electron chi connectivity index (χ3n) is 8.63. The van der Waals surface area contributed by atoms with Crippen LogP contribution >= 0.6 is 0 Å². The third-order valence-corrected chi connectivity index (χ3v) is 8.63. The van der Waals surface area contributed by atoms with Gasteiger partial charge in [0.25, 0.3) is 0 Å². The lowest BCUT2D eigenvalue weighted by atomic mass is 9.84. The van der Waals surface area contributed by atoms with Gasteiger partial charge in [-0.1, -0.05) is 44.2 Å². The van der Waals surface area contributed by atoms with Crippen LogP contribution in [0.15, 0.2) is 30.5 Å². The number of fused-ring (bicyclic) bond motifs is 1. The van der Waals surface area contributed by atoms with Gasteiger partial charge in [0, 0.05) is 44.8 Å². The second kappa shape index (κ2) is 11.6. The number of nitrogens with one attached hydrogen (secondary N) is 1. The van der Waals surface area contributed by atoms with Crippen LogP contribution in [-0.4, -0.2) is 76.3 Å². The van der Waals surface area contributed by atoms with E-state index in [2.05, 4.69) is 10.3 Å². The van der Waals surface area contributed by atoms with Crippen molar-refractivity contribution in [2.45, 2.75) is 76.4 Å². The predicted octanol–water partition coefficient (Wildman–Crippen LogP) is 3.52. The Kier molecular flexibility index (Phi) is 8.00. The number of aromatic nitrogens is 1. The maximum atomic E-state index is 14.0. The predicted molar refractivity (Wildman–Crippen MR) is 147 cm³/mol.